The molecule has 3 nitrogen and oxygen atoms in total. The van der Waals surface area contributed by atoms with Crippen molar-refractivity contribution in [3.63, 3.8) is 0 Å². The van der Waals surface area contributed by atoms with Gasteiger partial charge in [-0.2, -0.15) is 0 Å². The van der Waals surface area contributed by atoms with Gasteiger partial charge in [-0.05, 0) is 12.1 Å². The lowest BCUT2D eigenvalue weighted by atomic mass is 9.90. The zero-order valence-electron chi connectivity index (χ0n) is 10.4. The van der Waals surface area contributed by atoms with Gasteiger partial charge < -0.3 is 9.57 Å². The number of benzene rings is 1. The molecule has 0 unspecified atom stereocenters. The van der Waals surface area contributed by atoms with Crippen molar-refractivity contribution in [3.8, 4) is 5.75 Å². The first-order valence-corrected chi connectivity index (χ1v) is 5.32. The molecule has 0 aliphatic carbocycles. The lowest BCUT2D eigenvalue weighted by Crippen LogP contribution is -2.27. The van der Waals surface area contributed by atoms with Crippen LogP contribution in [0.25, 0.3) is 0 Å². The van der Waals surface area contributed by atoms with Gasteiger partial charge in [0.15, 0.2) is 0 Å². The Morgan fingerprint density at radius 1 is 1.19 bits per heavy atom. The summed E-state index contributed by atoms with van der Waals surface area (Å²) in [6, 6.07) is 9.69. The zero-order valence-corrected chi connectivity index (χ0v) is 10.4. The highest BCUT2D eigenvalue weighted by molar-refractivity contribution is 5.90. The van der Waals surface area contributed by atoms with Crippen LogP contribution in [-0.4, -0.2) is 19.4 Å². The van der Waals surface area contributed by atoms with E-state index in [0.29, 0.717) is 6.61 Å². The molecule has 0 aliphatic rings. The molecule has 0 aromatic heterocycles. The van der Waals surface area contributed by atoms with E-state index in [2.05, 4.69) is 25.9 Å². The van der Waals surface area contributed by atoms with Crippen LogP contribution in [0, 0.1) is 5.41 Å². The fraction of sp³-hybridized carbons (Fsp3) is 0.462. The molecule has 0 saturated carbocycles. The summed E-state index contributed by atoms with van der Waals surface area (Å²) in [7, 11) is 1.55. The molecule has 16 heavy (non-hydrogen) atoms. The first kappa shape index (κ1) is 12.6. The van der Waals surface area contributed by atoms with Crippen molar-refractivity contribution < 1.29 is 9.57 Å². The second-order valence-electron chi connectivity index (χ2n) is 4.57. The summed E-state index contributed by atoms with van der Waals surface area (Å²) in [4.78, 5) is 4.83. The molecule has 0 heterocycles. The van der Waals surface area contributed by atoms with Gasteiger partial charge in [-0.15, -0.1) is 0 Å². The first-order chi connectivity index (χ1) is 7.54. The standard InChI is InChI=1S/C13H19NO2/c1-13(2,3)12(14-15-4)10-16-11-8-6-5-7-9-11/h5-9H,10H2,1-4H3/b14-12+. The van der Waals surface area contributed by atoms with Crippen LogP contribution in [0.4, 0.5) is 0 Å². The minimum Gasteiger partial charge on any atom is -0.487 e. The van der Waals surface area contributed by atoms with Gasteiger partial charge in [0.25, 0.3) is 0 Å². The minimum absolute atomic E-state index is 0.0508. The molecule has 1 rings (SSSR count). The van der Waals surface area contributed by atoms with E-state index in [9.17, 15) is 0 Å². The van der Waals surface area contributed by atoms with Gasteiger partial charge in [0, 0.05) is 5.41 Å². The molecule has 3 heteroatoms. The van der Waals surface area contributed by atoms with E-state index in [1.165, 1.54) is 0 Å². The van der Waals surface area contributed by atoms with E-state index in [-0.39, 0.29) is 5.41 Å². The average Bonchev–Trinajstić information content (AvgIpc) is 2.24. The maximum absolute atomic E-state index is 5.64. The molecular formula is C13H19NO2. The fourth-order valence-electron chi connectivity index (χ4n) is 1.16. The molecule has 0 amide bonds. The highest BCUT2D eigenvalue weighted by Crippen LogP contribution is 2.18. The van der Waals surface area contributed by atoms with E-state index in [0.717, 1.165) is 11.5 Å². The highest BCUT2D eigenvalue weighted by atomic mass is 16.6. The summed E-state index contributed by atoms with van der Waals surface area (Å²) in [5.41, 5.74) is 0.837. The Hall–Kier alpha value is -1.51. The third kappa shape index (κ3) is 3.93. The van der Waals surface area contributed by atoms with Crippen molar-refractivity contribution >= 4 is 5.71 Å². The molecule has 0 atom stereocenters. The van der Waals surface area contributed by atoms with Crippen molar-refractivity contribution in [3.05, 3.63) is 30.3 Å². The second-order valence-corrected chi connectivity index (χ2v) is 4.57. The van der Waals surface area contributed by atoms with Gasteiger partial charge in [-0.1, -0.05) is 44.1 Å². The van der Waals surface area contributed by atoms with Crippen molar-refractivity contribution in [2.75, 3.05) is 13.7 Å². The first-order valence-electron chi connectivity index (χ1n) is 5.32. The Morgan fingerprint density at radius 2 is 1.81 bits per heavy atom. The van der Waals surface area contributed by atoms with Gasteiger partial charge in [0.2, 0.25) is 0 Å². The van der Waals surface area contributed by atoms with E-state index in [1.807, 2.05) is 30.3 Å². The van der Waals surface area contributed by atoms with E-state index < -0.39 is 0 Å². The average molecular weight is 221 g/mol. The third-order valence-corrected chi connectivity index (χ3v) is 2.19. The largest absolute Gasteiger partial charge is 0.487 e. The van der Waals surface area contributed by atoms with Gasteiger partial charge in [0.05, 0.1) is 5.71 Å². The van der Waals surface area contributed by atoms with E-state index in [1.54, 1.807) is 7.11 Å². The highest BCUT2D eigenvalue weighted by Gasteiger charge is 2.20. The van der Waals surface area contributed by atoms with Crippen LogP contribution in [0.1, 0.15) is 20.8 Å². The van der Waals surface area contributed by atoms with Crippen LogP contribution in [0.2, 0.25) is 0 Å². The Labute approximate surface area is 97.1 Å². The quantitative estimate of drug-likeness (QED) is 0.577. The summed E-state index contributed by atoms with van der Waals surface area (Å²) >= 11 is 0. The van der Waals surface area contributed by atoms with Crippen LogP contribution in [0.15, 0.2) is 35.5 Å². The number of hydrogen-bond donors (Lipinski definition) is 0. The van der Waals surface area contributed by atoms with Crippen molar-refractivity contribution in [2.24, 2.45) is 10.6 Å². The molecule has 0 radical (unpaired) electrons. The third-order valence-electron chi connectivity index (χ3n) is 2.19. The van der Waals surface area contributed by atoms with Crippen LogP contribution in [-0.2, 0) is 4.84 Å². The van der Waals surface area contributed by atoms with E-state index in [4.69, 9.17) is 9.57 Å². The van der Waals surface area contributed by atoms with Crippen LogP contribution < -0.4 is 4.74 Å². The van der Waals surface area contributed by atoms with Gasteiger partial charge in [-0.25, -0.2) is 0 Å². The molecule has 0 aliphatic heterocycles. The monoisotopic (exact) mass is 221 g/mol. The lowest BCUT2D eigenvalue weighted by molar-refractivity contribution is 0.204. The maximum Gasteiger partial charge on any atom is 0.130 e. The van der Waals surface area contributed by atoms with Gasteiger partial charge in [0.1, 0.15) is 19.5 Å². The Bertz CT molecular complexity index is 339. The van der Waals surface area contributed by atoms with Crippen LogP contribution in [0.5, 0.6) is 5.75 Å². The Balaban J connectivity index is 2.62. The summed E-state index contributed by atoms with van der Waals surface area (Å²) < 4.78 is 5.64. The molecule has 0 bridgehead atoms. The molecule has 0 fully saturated rings. The molecular weight excluding hydrogens is 202 g/mol. The number of hydrogen-bond acceptors (Lipinski definition) is 3. The van der Waals surface area contributed by atoms with Crippen molar-refractivity contribution in [2.45, 2.75) is 20.8 Å². The summed E-state index contributed by atoms with van der Waals surface area (Å²) in [6.45, 7) is 6.69. The summed E-state index contributed by atoms with van der Waals surface area (Å²) in [5, 5.41) is 4.00. The van der Waals surface area contributed by atoms with Gasteiger partial charge in [-0.3, -0.25) is 0 Å². The zero-order chi connectivity index (χ0) is 12.0. The Morgan fingerprint density at radius 3 is 2.31 bits per heavy atom. The number of rotatable bonds is 4. The number of ether oxygens (including phenoxy) is 1. The molecule has 0 N–H and O–H groups in total. The van der Waals surface area contributed by atoms with E-state index >= 15 is 0 Å². The normalized spacial score (nSPS) is 12.4. The summed E-state index contributed by atoms with van der Waals surface area (Å²) in [5.74, 6) is 0.843. The topological polar surface area (TPSA) is 30.8 Å². The number of para-hydroxylation sites is 1. The number of nitrogens with zero attached hydrogens (tertiary/aromatic N) is 1. The lowest BCUT2D eigenvalue weighted by Gasteiger charge is -2.20. The SMILES string of the molecule is CO/N=C(\COc1ccccc1)C(C)(C)C. The molecule has 1 aromatic rings. The van der Waals surface area contributed by atoms with Crippen LogP contribution in [0.3, 0.4) is 0 Å². The molecule has 0 saturated heterocycles. The van der Waals surface area contributed by atoms with Crippen LogP contribution >= 0.6 is 0 Å². The molecule has 1 aromatic carbocycles. The minimum atomic E-state index is -0.0508. The van der Waals surface area contributed by atoms with Gasteiger partial charge >= 0.3 is 0 Å². The summed E-state index contributed by atoms with van der Waals surface area (Å²) in [6.07, 6.45) is 0. The molecule has 0 spiro atoms. The predicted molar refractivity (Wildman–Crippen MR) is 65.8 cm³/mol. The van der Waals surface area contributed by atoms with Crippen molar-refractivity contribution in [1.82, 2.24) is 0 Å². The molecule has 88 valence electrons. The maximum atomic E-state index is 5.64. The fourth-order valence-corrected chi connectivity index (χ4v) is 1.16. The number of oxime groups is 1. The second kappa shape index (κ2) is 5.54. The smallest absolute Gasteiger partial charge is 0.130 e. The predicted octanol–water partition coefficient (Wildman–Crippen LogP) is 3.11. The van der Waals surface area contributed by atoms with Crippen molar-refractivity contribution in [1.29, 1.82) is 0 Å². The Kier molecular flexibility index (Phi) is 4.35.